The Morgan fingerprint density at radius 2 is 1.89 bits per heavy atom. The van der Waals surface area contributed by atoms with Gasteiger partial charge < -0.3 is 5.32 Å². The van der Waals surface area contributed by atoms with Gasteiger partial charge in [0.1, 0.15) is 0 Å². The van der Waals surface area contributed by atoms with Crippen LogP contribution in [0.4, 0.5) is 0 Å². The Bertz CT molecular complexity index is 90.7. The fourth-order valence-electron chi connectivity index (χ4n) is 2.10. The van der Waals surface area contributed by atoms with Crippen molar-refractivity contribution in [1.82, 2.24) is 0 Å². The van der Waals surface area contributed by atoms with Crippen LogP contribution in [0, 0.1) is 5.92 Å². The number of hydrogen-bond acceptors (Lipinski definition) is 0. The largest absolute Gasteiger partial charge is 0.344 e. The summed E-state index contributed by atoms with van der Waals surface area (Å²) in [5.41, 5.74) is 0. The predicted octanol–water partition coefficient (Wildman–Crippen LogP) is 0.512. The van der Waals surface area contributed by atoms with Gasteiger partial charge in [0.15, 0.2) is 0 Å². The molecule has 1 heterocycles. The molecular weight excluding hydrogens is 110 g/mol. The molecule has 1 aliphatic carbocycles. The van der Waals surface area contributed by atoms with E-state index in [9.17, 15) is 0 Å². The lowest BCUT2D eigenvalue weighted by atomic mass is 9.79. The minimum Gasteiger partial charge on any atom is -0.344 e. The van der Waals surface area contributed by atoms with Crippen molar-refractivity contribution in [2.45, 2.75) is 38.1 Å². The van der Waals surface area contributed by atoms with Gasteiger partial charge in [0, 0.05) is 18.8 Å². The van der Waals surface area contributed by atoms with Crippen molar-refractivity contribution in [2.75, 3.05) is 6.54 Å². The first kappa shape index (κ1) is 5.72. The number of rotatable bonds is 1. The molecule has 0 aromatic heterocycles. The summed E-state index contributed by atoms with van der Waals surface area (Å²) in [5, 5.41) is 2.56. The maximum absolute atomic E-state index is 2.56. The monoisotopic (exact) mass is 126 g/mol. The second-order valence-corrected chi connectivity index (χ2v) is 3.52. The molecule has 0 aromatic carbocycles. The fraction of sp³-hybridized carbons (Fsp3) is 1.00. The quantitative estimate of drug-likeness (QED) is 0.527. The van der Waals surface area contributed by atoms with Crippen molar-refractivity contribution in [3.8, 4) is 0 Å². The van der Waals surface area contributed by atoms with Crippen LogP contribution in [0.2, 0.25) is 0 Å². The van der Waals surface area contributed by atoms with E-state index in [-0.39, 0.29) is 0 Å². The van der Waals surface area contributed by atoms with E-state index in [2.05, 4.69) is 5.32 Å². The van der Waals surface area contributed by atoms with Crippen molar-refractivity contribution in [3.05, 3.63) is 0 Å². The Kier molecular flexibility index (Phi) is 1.46. The zero-order valence-electron chi connectivity index (χ0n) is 5.97. The Hall–Kier alpha value is -0.0400. The molecule has 0 unspecified atom stereocenters. The van der Waals surface area contributed by atoms with Crippen molar-refractivity contribution in [3.63, 3.8) is 0 Å². The molecule has 52 valence electrons. The van der Waals surface area contributed by atoms with Gasteiger partial charge >= 0.3 is 0 Å². The van der Waals surface area contributed by atoms with Crippen LogP contribution >= 0.6 is 0 Å². The van der Waals surface area contributed by atoms with Crippen molar-refractivity contribution >= 4 is 0 Å². The molecule has 2 aliphatic rings. The summed E-state index contributed by atoms with van der Waals surface area (Å²) in [7, 11) is 0. The maximum Gasteiger partial charge on any atom is 0.0889 e. The zero-order chi connectivity index (χ0) is 6.10. The van der Waals surface area contributed by atoms with Gasteiger partial charge in [-0.05, 0) is 12.8 Å². The van der Waals surface area contributed by atoms with Crippen LogP contribution in [0.3, 0.4) is 0 Å². The predicted molar refractivity (Wildman–Crippen MR) is 37.2 cm³/mol. The first-order chi connectivity index (χ1) is 4.47. The first-order valence-corrected chi connectivity index (χ1v) is 4.30. The molecule has 2 rings (SSSR count). The SMILES string of the molecule is C1CC([C@H]2CCC[NH2+]2)C1. The van der Waals surface area contributed by atoms with Crippen molar-refractivity contribution < 1.29 is 5.32 Å². The number of quaternary nitrogens is 1. The normalized spacial score (nSPS) is 36.7. The highest BCUT2D eigenvalue weighted by molar-refractivity contribution is 4.77. The molecule has 9 heavy (non-hydrogen) atoms. The molecule has 2 fully saturated rings. The molecule has 0 spiro atoms. The molecule has 0 bridgehead atoms. The van der Waals surface area contributed by atoms with Gasteiger partial charge in [-0.1, -0.05) is 6.42 Å². The average molecular weight is 126 g/mol. The topological polar surface area (TPSA) is 16.6 Å². The highest BCUT2D eigenvalue weighted by Crippen LogP contribution is 2.30. The molecule has 1 saturated heterocycles. The highest BCUT2D eigenvalue weighted by Gasteiger charge is 2.31. The lowest BCUT2D eigenvalue weighted by Crippen LogP contribution is -2.88. The van der Waals surface area contributed by atoms with E-state index in [1.54, 1.807) is 0 Å². The Labute approximate surface area is 56.8 Å². The van der Waals surface area contributed by atoms with E-state index >= 15 is 0 Å². The van der Waals surface area contributed by atoms with E-state index in [4.69, 9.17) is 0 Å². The van der Waals surface area contributed by atoms with Crippen LogP contribution in [0.15, 0.2) is 0 Å². The summed E-state index contributed by atoms with van der Waals surface area (Å²) in [5.74, 6) is 1.12. The third-order valence-corrected chi connectivity index (χ3v) is 2.97. The zero-order valence-corrected chi connectivity index (χ0v) is 5.97. The maximum atomic E-state index is 2.56. The standard InChI is InChI=1S/C8H15N/c1-3-7(4-1)8-5-2-6-9-8/h7-9H,1-6H2/p+1/t8-/m1/s1. The van der Waals surface area contributed by atoms with Crippen LogP contribution in [-0.4, -0.2) is 12.6 Å². The lowest BCUT2D eigenvalue weighted by molar-refractivity contribution is -0.678. The first-order valence-electron chi connectivity index (χ1n) is 4.30. The lowest BCUT2D eigenvalue weighted by Gasteiger charge is -2.28. The molecule has 1 nitrogen and oxygen atoms in total. The van der Waals surface area contributed by atoms with Crippen LogP contribution in [0.25, 0.3) is 0 Å². The second kappa shape index (κ2) is 2.30. The third-order valence-electron chi connectivity index (χ3n) is 2.97. The Balaban J connectivity index is 1.82. The van der Waals surface area contributed by atoms with E-state index in [1.165, 1.54) is 38.6 Å². The molecular formula is C8H16N+. The summed E-state index contributed by atoms with van der Waals surface area (Å²) in [4.78, 5) is 0. The van der Waals surface area contributed by atoms with E-state index in [1.807, 2.05) is 0 Å². The highest BCUT2D eigenvalue weighted by atomic mass is 14.9. The summed E-state index contributed by atoms with van der Waals surface area (Å²) < 4.78 is 0. The summed E-state index contributed by atoms with van der Waals surface area (Å²) in [6, 6.07) is 1.04. The molecule has 0 aromatic rings. The van der Waals surface area contributed by atoms with E-state index in [0.29, 0.717) is 0 Å². The third kappa shape index (κ3) is 0.983. The van der Waals surface area contributed by atoms with Crippen molar-refractivity contribution in [1.29, 1.82) is 0 Å². The van der Waals surface area contributed by atoms with Crippen LogP contribution < -0.4 is 5.32 Å². The Morgan fingerprint density at radius 3 is 2.33 bits per heavy atom. The van der Waals surface area contributed by atoms with Crippen LogP contribution in [-0.2, 0) is 0 Å². The van der Waals surface area contributed by atoms with E-state index in [0.717, 1.165) is 12.0 Å². The number of nitrogens with two attached hydrogens (primary N) is 1. The summed E-state index contributed by atoms with van der Waals surface area (Å²) >= 11 is 0. The van der Waals surface area contributed by atoms with Gasteiger partial charge in [-0.2, -0.15) is 0 Å². The minimum absolute atomic E-state index is 1.04. The van der Waals surface area contributed by atoms with Gasteiger partial charge in [-0.25, -0.2) is 0 Å². The van der Waals surface area contributed by atoms with Gasteiger partial charge in [0.2, 0.25) is 0 Å². The minimum atomic E-state index is 1.04. The molecule has 1 saturated carbocycles. The van der Waals surface area contributed by atoms with Gasteiger partial charge in [-0.3, -0.25) is 0 Å². The second-order valence-electron chi connectivity index (χ2n) is 3.52. The summed E-state index contributed by atoms with van der Waals surface area (Å²) in [6.07, 6.45) is 7.54. The van der Waals surface area contributed by atoms with Gasteiger partial charge in [0.05, 0.1) is 12.6 Å². The molecule has 1 aliphatic heterocycles. The Morgan fingerprint density at radius 1 is 1.00 bits per heavy atom. The van der Waals surface area contributed by atoms with Crippen molar-refractivity contribution in [2.24, 2.45) is 5.92 Å². The van der Waals surface area contributed by atoms with Gasteiger partial charge in [-0.15, -0.1) is 0 Å². The molecule has 0 radical (unpaired) electrons. The molecule has 2 N–H and O–H groups in total. The molecule has 0 amide bonds. The summed E-state index contributed by atoms with van der Waals surface area (Å²) in [6.45, 7) is 1.40. The fourth-order valence-corrected chi connectivity index (χ4v) is 2.10. The van der Waals surface area contributed by atoms with Crippen LogP contribution in [0.1, 0.15) is 32.1 Å². The molecule has 1 heteroatoms. The van der Waals surface area contributed by atoms with Gasteiger partial charge in [0.25, 0.3) is 0 Å². The average Bonchev–Trinajstić information content (AvgIpc) is 2.11. The molecule has 1 atom stereocenters. The smallest absolute Gasteiger partial charge is 0.0889 e. The van der Waals surface area contributed by atoms with Crippen LogP contribution in [0.5, 0.6) is 0 Å². The van der Waals surface area contributed by atoms with E-state index < -0.39 is 0 Å². The number of hydrogen-bond donors (Lipinski definition) is 1.